The zero-order valence-electron chi connectivity index (χ0n) is 16.4. The van der Waals surface area contributed by atoms with Crippen molar-refractivity contribution in [2.45, 2.75) is 32.7 Å². The number of pyridine rings is 1. The summed E-state index contributed by atoms with van der Waals surface area (Å²) < 4.78 is 47.1. The first-order valence-corrected chi connectivity index (χ1v) is 9.28. The fourth-order valence-corrected chi connectivity index (χ4v) is 2.85. The van der Waals surface area contributed by atoms with Gasteiger partial charge in [-0.2, -0.15) is 0 Å². The summed E-state index contributed by atoms with van der Waals surface area (Å²) in [6.45, 7) is 2.37. The Balaban J connectivity index is 1.88. The molecule has 3 aromatic rings. The molecule has 7 nitrogen and oxygen atoms in total. The van der Waals surface area contributed by atoms with Crippen molar-refractivity contribution in [2.24, 2.45) is 0 Å². The van der Waals surface area contributed by atoms with Crippen molar-refractivity contribution in [3.63, 3.8) is 0 Å². The molecular weight excluding hydrogens is 403 g/mol. The number of nitrogens with zero attached hydrogens (tertiary/aromatic N) is 3. The minimum atomic E-state index is -4.78. The Bertz CT molecular complexity index is 1090. The third kappa shape index (κ3) is 5.00. The first kappa shape index (κ1) is 21.4. The van der Waals surface area contributed by atoms with Crippen LogP contribution in [-0.2, 0) is 11.3 Å². The quantitative estimate of drug-likeness (QED) is 0.578. The molecule has 0 N–H and O–H groups in total. The molecule has 0 unspecified atom stereocenters. The number of amides is 1. The van der Waals surface area contributed by atoms with Crippen LogP contribution in [0.4, 0.5) is 13.2 Å². The van der Waals surface area contributed by atoms with Crippen molar-refractivity contribution < 1.29 is 27.1 Å². The number of carbonyl (C=O) groups excluding carboxylic acids is 1. The highest BCUT2D eigenvalue weighted by Gasteiger charge is 2.31. The van der Waals surface area contributed by atoms with Gasteiger partial charge in [0.25, 0.3) is 0 Å². The number of unbranched alkanes of at least 4 members (excludes halogenated alkanes) is 1. The Hall–Kier alpha value is -3.30. The van der Waals surface area contributed by atoms with E-state index < -0.39 is 12.1 Å². The lowest BCUT2D eigenvalue weighted by atomic mass is 10.1. The number of carbonyl (C=O) groups is 1. The SMILES string of the molecule is CCCCN(C)C(=O)Cn1c(=O)oc2ccc(-c3ccc(OC(F)(F)F)cc3)nc21. The van der Waals surface area contributed by atoms with Gasteiger partial charge in [-0.15, -0.1) is 13.2 Å². The molecule has 0 bridgehead atoms. The molecule has 1 aromatic carbocycles. The zero-order valence-corrected chi connectivity index (χ0v) is 16.4. The van der Waals surface area contributed by atoms with Gasteiger partial charge in [0.15, 0.2) is 11.2 Å². The summed E-state index contributed by atoms with van der Waals surface area (Å²) >= 11 is 0. The van der Waals surface area contributed by atoms with E-state index in [0.717, 1.165) is 17.4 Å². The van der Waals surface area contributed by atoms with E-state index in [9.17, 15) is 22.8 Å². The molecule has 1 amide bonds. The summed E-state index contributed by atoms with van der Waals surface area (Å²) in [4.78, 5) is 30.5. The van der Waals surface area contributed by atoms with E-state index in [1.54, 1.807) is 13.1 Å². The molecule has 2 heterocycles. The maximum absolute atomic E-state index is 12.4. The average Bonchev–Trinajstić information content (AvgIpc) is 3.00. The lowest BCUT2D eigenvalue weighted by Crippen LogP contribution is -2.33. The molecule has 0 atom stereocenters. The van der Waals surface area contributed by atoms with Crippen LogP contribution in [0.3, 0.4) is 0 Å². The predicted octanol–water partition coefficient (Wildman–Crippen LogP) is 3.81. The molecule has 0 spiro atoms. The van der Waals surface area contributed by atoms with Crippen molar-refractivity contribution in [2.75, 3.05) is 13.6 Å². The number of ether oxygens (including phenoxy) is 1. The predicted molar refractivity (Wildman–Crippen MR) is 103 cm³/mol. The topological polar surface area (TPSA) is 77.6 Å². The number of hydrogen-bond acceptors (Lipinski definition) is 5. The first-order valence-electron chi connectivity index (χ1n) is 9.28. The maximum atomic E-state index is 12.4. The Morgan fingerprint density at radius 1 is 1.20 bits per heavy atom. The van der Waals surface area contributed by atoms with E-state index in [0.29, 0.717) is 17.8 Å². The largest absolute Gasteiger partial charge is 0.573 e. The monoisotopic (exact) mass is 423 g/mol. The molecule has 0 aliphatic rings. The molecule has 160 valence electrons. The van der Waals surface area contributed by atoms with Gasteiger partial charge >= 0.3 is 12.1 Å². The van der Waals surface area contributed by atoms with E-state index in [2.05, 4.69) is 9.72 Å². The van der Waals surface area contributed by atoms with Gasteiger partial charge in [-0.1, -0.05) is 13.3 Å². The van der Waals surface area contributed by atoms with Crippen LogP contribution < -0.4 is 10.5 Å². The van der Waals surface area contributed by atoms with Crippen LogP contribution in [0.1, 0.15) is 19.8 Å². The van der Waals surface area contributed by atoms with Gasteiger partial charge in [0.1, 0.15) is 12.3 Å². The van der Waals surface area contributed by atoms with E-state index in [4.69, 9.17) is 4.42 Å². The van der Waals surface area contributed by atoms with Crippen molar-refractivity contribution in [3.05, 3.63) is 46.9 Å². The van der Waals surface area contributed by atoms with Crippen LogP contribution in [0.2, 0.25) is 0 Å². The van der Waals surface area contributed by atoms with Gasteiger partial charge in [0.2, 0.25) is 5.91 Å². The number of aromatic nitrogens is 2. The van der Waals surface area contributed by atoms with Crippen LogP contribution in [0.5, 0.6) is 5.75 Å². The number of halogens is 3. The number of rotatable bonds is 7. The molecule has 0 radical (unpaired) electrons. The van der Waals surface area contributed by atoms with Crippen LogP contribution in [-0.4, -0.2) is 40.3 Å². The van der Waals surface area contributed by atoms with Gasteiger partial charge in [0.05, 0.1) is 5.69 Å². The van der Waals surface area contributed by atoms with Crippen LogP contribution >= 0.6 is 0 Å². The van der Waals surface area contributed by atoms with Gasteiger partial charge in [-0.25, -0.2) is 14.3 Å². The van der Waals surface area contributed by atoms with Crippen LogP contribution in [0, 0.1) is 0 Å². The number of fused-ring (bicyclic) bond motifs is 1. The normalized spacial score (nSPS) is 11.6. The molecule has 10 heteroatoms. The summed E-state index contributed by atoms with van der Waals surface area (Å²) in [6, 6.07) is 8.28. The highest BCUT2D eigenvalue weighted by atomic mass is 19.4. The summed E-state index contributed by atoms with van der Waals surface area (Å²) in [5, 5.41) is 0. The van der Waals surface area contributed by atoms with Gasteiger partial charge in [0, 0.05) is 19.2 Å². The Kier molecular flexibility index (Phi) is 6.14. The molecule has 2 aromatic heterocycles. The Morgan fingerprint density at radius 2 is 1.90 bits per heavy atom. The van der Waals surface area contributed by atoms with Gasteiger partial charge < -0.3 is 14.1 Å². The molecule has 0 saturated carbocycles. The molecule has 0 aliphatic carbocycles. The molecule has 30 heavy (non-hydrogen) atoms. The van der Waals surface area contributed by atoms with Gasteiger partial charge in [-0.05, 0) is 42.8 Å². The fraction of sp³-hybridized carbons (Fsp3) is 0.350. The third-order valence-electron chi connectivity index (χ3n) is 4.46. The van der Waals surface area contributed by atoms with E-state index in [-0.39, 0.29) is 29.4 Å². The lowest BCUT2D eigenvalue weighted by Gasteiger charge is -2.16. The summed E-state index contributed by atoms with van der Waals surface area (Å²) in [5.74, 6) is -1.32. The molecular formula is C20H20F3N3O4. The minimum absolute atomic E-state index is 0.186. The van der Waals surface area contributed by atoms with Crippen LogP contribution in [0.25, 0.3) is 22.5 Å². The van der Waals surface area contributed by atoms with Crippen molar-refractivity contribution in [3.8, 4) is 17.0 Å². The fourth-order valence-electron chi connectivity index (χ4n) is 2.85. The highest BCUT2D eigenvalue weighted by molar-refractivity contribution is 5.79. The first-order chi connectivity index (χ1) is 14.2. The standard InChI is InChI=1S/C20H20F3N3O4/c1-3-4-11-25(2)17(27)12-26-18-16(29-19(26)28)10-9-15(24-18)13-5-7-14(8-6-13)30-20(21,22)23/h5-10H,3-4,11-12H2,1-2H3. The van der Waals surface area contributed by atoms with E-state index in [1.807, 2.05) is 6.92 Å². The molecule has 0 aliphatic heterocycles. The van der Waals surface area contributed by atoms with Crippen molar-refractivity contribution in [1.29, 1.82) is 0 Å². The second-order valence-electron chi connectivity index (χ2n) is 6.71. The van der Waals surface area contributed by atoms with E-state index >= 15 is 0 Å². The number of oxazole rings is 1. The highest BCUT2D eigenvalue weighted by Crippen LogP contribution is 2.26. The molecule has 0 saturated heterocycles. The smallest absolute Gasteiger partial charge is 0.406 e. The number of hydrogen-bond donors (Lipinski definition) is 0. The maximum Gasteiger partial charge on any atom is 0.573 e. The Labute approximate surface area is 169 Å². The lowest BCUT2D eigenvalue weighted by molar-refractivity contribution is -0.274. The van der Waals surface area contributed by atoms with E-state index in [1.165, 1.54) is 35.2 Å². The molecule has 3 rings (SSSR count). The summed E-state index contributed by atoms with van der Waals surface area (Å²) in [5.41, 5.74) is 1.32. The van der Waals surface area contributed by atoms with Crippen molar-refractivity contribution >= 4 is 17.1 Å². The summed E-state index contributed by atoms with van der Waals surface area (Å²) in [6.07, 6.45) is -2.99. The van der Waals surface area contributed by atoms with Crippen LogP contribution in [0.15, 0.2) is 45.6 Å². The van der Waals surface area contributed by atoms with Gasteiger partial charge in [-0.3, -0.25) is 4.79 Å². The number of benzene rings is 1. The Morgan fingerprint density at radius 3 is 2.53 bits per heavy atom. The summed E-state index contributed by atoms with van der Waals surface area (Å²) in [7, 11) is 1.66. The zero-order chi connectivity index (χ0) is 21.9. The number of alkyl halides is 3. The third-order valence-corrected chi connectivity index (χ3v) is 4.46. The van der Waals surface area contributed by atoms with Crippen molar-refractivity contribution in [1.82, 2.24) is 14.5 Å². The number of likely N-dealkylation sites (N-methyl/N-ethyl adjacent to an activating group) is 1. The second-order valence-corrected chi connectivity index (χ2v) is 6.71. The molecule has 0 fully saturated rings. The second kappa shape index (κ2) is 8.60. The minimum Gasteiger partial charge on any atom is -0.406 e. The average molecular weight is 423 g/mol.